The Kier molecular flexibility index (Phi) is 6.44. The maximum absolute atomic E-state index is 12.4. The van der Waals surface area contributed by atoms with Gasteiger partial charge in [-0.25, -0.2) is 0 Å². The Bertz CT molecular complexity index is 568. The van der Waals surface area contributed by atoms with E-state index in [4.69, 9.17) is 14.6 Å². The number of hydrogen-bond donors (Lipinski definition) is 1. The van der Waals surface area contributed by atoms with Gasteiger partial charge < -0.3 is 19.5 Å². The van der Waals surface area contributed by atoms with Crippen molar-refractivity contribution < 1.29 is 24.2 Å². The van der Waals surface area contributed by atoms with E-state index < -0.39 is 5.97 Å². The molecule has 0 heterocycles. The van der Waals surface area contributed by atoms with Crippen molar-refractivity contribution in [1.29, 1.82) is 0 Å². The number of rotatable bonds is 8. The molecule has 1 aromatic carbocycles. The van der Waals surface area contributed by atoms with Crippen LogP contribution < -0.4 is 9.47 Å². The minimum atomic E-state index is -0.945. The molecule has 0 aliphatic carbocycles. The van der Waals surface area contributed by atoms with Crippen LogP contribution >= 0.6 is 0 Å². The minimum Gasteiger partial charge on any atom is -0.493 e. The van der Waals surface area contributed by atoms with Crippen molar-refractivity contribution in [3.63, 3.8) is 0 Å². The van der Waals surface area contributed by atoms with Gasteiger partial charge in [0, 0.05) is 24.7 Å². The Morgan fingerprint density at radius 2 is 2.00 bits per heavy atom. The molecule has 0 radical (unpaired) electrons. The zero-order chi connectivity index (χ0) is 16.7. The van der Waals surface area contributed by atoms with E-state index in [0.717, 1.165) is 5.56 Å². The van der Waals surface area contributed by atoms with Gasteiger partial charge in [0.2, 0.25) is 0 Å². The third-order valence-electron chi connectivity index (χ3n) is 3.17. The normalized spacial score (nSPS) is 9.95. The maximum atomic E-state index is 12.4. The number of amides is 1. The lowest BCUT2D eigenvalue weighted by Gasteiger charge is -2.19. The van der Waals surface area contributed by atoms with Crippen LogP contribution in [0.25, 0.3) is 0 Å². The van der Waals surface area contributed by atoms with E-state index in [1.165, 1.54) is 19.1 Å². The number of carboxylic acid groups (broad SMARTS) is 1. The lowest BCUT2D eigenvalue weighted by molar-refractivity contribution is -0.137. The van der Waals surface area contributed by atoms with Crippen molar-refractivity contribution in [2.45, 2.75) is 12.8 Å². The Balaban J connectivity index is 3.12. The van der Waals surface area contributed by atoms with Crippen LogP contribution in [0.1, 0.15) is 22.3 Å². The molecule has 22 heavy (non-hydrogen) atoms. The van der Waals surface area contributed by atoms with Crippen molar-refractivity contribution in [3.05, 3.63) is 35.9 Å². The minimum absolute atomic E-state index is 0.102. The molecule has 0 unspecified atom stereocenters. The van der Waals surface area contributed by atoms with Crippen LogP contribution in [0.2, 0.25) is 0 Å². The van der Waals surface area contributed by atoms with Gasteiger partial charge in [-0.3, -0.25) is 9.59 Å². The molecule has 0 saturated heterocycles. The summed E-state index contributed by atoms with van der Waals surface area (Å²) in [5.41, 5.74) is 1.20. The number of ether oxygens (including phenoxy) is 2. The van der Waals surface area contributed by atoms with Crippen molar-refractivity contribution in [3.8, 4) is 11.5 Å². The second-order valence-corrected chi connectivity index (χ2v) is 4.73. The summed E-state index contributed by atoms with van der Waals surface area (Å²) < 4.78 is 10.6. The summed E-state index contributed by atoms with van der Waals surface area (Å²) in [7, 11) is 4.60. The molecule has 120 valence electrons. The summed E-state index contributed by atoms with van der Waals surface area (Å²) in [6.45, 7) is 3.83. The number of nitrogens with zero attached hydrogens (tertiary/aromatic N) is 1. The number of methoxy groups -OCH3 is 2. The van der Waals surface area contributed by atoms with Gasteiger partial charge in [-0.1, -0.05) is 6.08 Å². The van der Waals surface area contributed by atoms with Gasteiger partial charge in [-0.15, -0.1) is 6.58 Å². The first-order valence-electron chi connectivity index (χ1n) is 6.77. The molecule has 6 nitrogen and oxygen atoms in total. The first kappa shape index (κ1) is 17.6. The van der Waals surface area contributed by atoms with Crippen molar-refractivity contribution in [1.82, 2.24) is 4.90 Å². The molecule has 1 N–H and O–H groups in total. The zero-order valence-electron chi connectivity index (χ0n) is 13.1. The lowest BCUT2D eigenvalue weighted by atomic mass is 10.0. The topological polar surface area (TPSA) is 76.1 Å². The van der Waals surface area contributed by atoms with Gasteiger partial charge in [-0.2, -0.15) is 0 Å². The summed E-state index contributed by atoms with van der Waals surface area (Å²) in [5.74, 6) is -0.198. The van der Waals surface area contributed by atoms with Gasteiger partial charge >= 0.3 is 5.97 Å². The average Bonchev–Trinajstić information content (AvgIpc) is 2.51. The van der Waals surface area contributed by atoms with Gasteiger partial charge in [0.05, 0.1) is 20.6 Å². The molecule has 1 rings (SSSR count). The molecule has 0 aliphatic rings. The quantitative estimate of drug-likeness (QED) is 0.743. The highest BCUT2D eigenvalue weighted by Crippen LogP contribution is 2.33. The molecular weight excluding hydrogens is 286 g/mol. The fraction of sp³-hybridized carbons (Fsp3) is 0.375. The fourth-order valence-electron chi connectivity index (χ4n) is 2.06. The Labute approximate surface area is 129 Å². The molecule has 0 fully saturated rings. The summed E-state index contributed by atoms with van der Waals surface area (Å²) in [6.07, 6.45) is 2.13. The van der Waals surface area contributed by atoms with E-state index in [-0.39, 0.29) is 18.9 Å². The predicted molar refractivity (Wildman–Crippen MR) is 82.7 cm³/mol. The second-order valence-electron chi connectivity index (χ2n) is 4.73. The predicted octanol–water partition coefficient (Wildman–Crippen LogP) is 1.98. The maximum Gasteiger partial charge on any atom is 0.305 e. The summed E-state index contributed by atoms with van der Waals surface area (Å²) in [5, 5.41) is 8.69. The van der Waals surface area contributed by atoms with Crippen molar-refractivity contribution >= 4 is 11.9 Å². The zero-order valence-corrected chi connectivity index (χ0v) is 13.1. The van der Waals surface area contributed by atoms with Crippen LogP contribution in [0.3, 0.4) is 0 Å². The number of carboxylic acids is 1. The monoisotopic (exact) mass is 307 g/mol. The summed E-state index contributed by atoms with van der Waals surface area (Å²) in [4.78, 5) is 24.4. The van der Waals surface area contributed by atoms with Gasteiger partial charge in [0.1, 0.15) is 0 Å². The Hall–Kier alpha value is -2.50. The summed E-state index contributed by atoms with van der Waals surface area (Å²) >= 11 is 0. The highest BCUT2D eigenvalue weighted by molar-refractivity contribution is 5.95. The summed E-state index contributed by atoms with van der Waals surface area (Å²) in [6, 6.07) is 3.30. The molecule has 0 atom stereocenters. The van der Waals surface area contributed by atoms with E-state index in [1.54, 1.807) is 25.3 Å². The third kappa shape index (κ3) is 4.25. The van der Waals surface area contributed by atoms with Gasteiger partial charge in [0.25, 0.3) is 5.91 Å². The van der Waals surface area contributed by atoms with E-state index >= 15 is 0 Å². The van der Waals surface area contributed by atoms with E-state index in [9.17, 15) is 9.59 Å². The van der Waals surface area contributed by atoms with Crippen LogP contribution in [-0.4, -0.2) is 49.7 Å². The third-order valence-corrected chi connectivity index (χ3v) is 3.17. The molecule has 1 amide bonds. The number of carbonyl (C=O) groups excluding carboxylic acids is 1. The first-order chi connectivity index (χ1) is 10.4. The molecule has 1 aromatic rings. The number of carbonyl (C=O) groups is 2. The molecule has 6 heteroatoms. The highest BCUT2D eigenvalue weighted by Gasteiger charge is 2.18. The first-order valence-corrected chi connectivity index (χ1v) is 6.77. The highest BCUT2D eigenvalue weighted by atomic mass is 16.5. The SMILES string of the molecule is C=CCc1cc(C(=O)N(C)CCC(=O)O)cc(OC)c1OC. The van der Waals surface area contributed by atoms with Crippen LogP contribution in [0.5, 0.6) is 11.5 Å². The van der Waals surface area contributed by atoms with Crippen molar-refractivity contribution in [2.75, 3.05) is 27.8 Å². The van der Waals surface area contributed by atoms with Gasteiger partial charge in [-0.05, 0) is 18.6 Å². The fourth-order valence-corrected chi connectivity index (χ4v) is 2.06. The van der Waals surface area contributed by atoms with Crippen molar-refractivity contribution in [2.24, 2.45) is 0 Å². The molecule has 0 saturated carbocycles. The lowest BCUT2D eigenvalue weighted by Crippen LogP contribution is -2.29. The van der Waals surface area contributed by atoms with Crippen LogP contribution in [-0.2, 0) is 11.2 Å². The Morgan fingerprint density at radius 1 is 1.32 bits per heavy atom. The second kappa shape index (κ2) is 8.07. The molecule has 0 bridgehead atoms. The van der Waals surface area contributed by atoms with Crippen LogP contribution in [0.15, 0.2) is 24.8 Å². The average molecular weight is 307 g/mol. The van der Waals surface area contributed by atoms with Gasteiger partial charge in [0.15, 0.2) is 11.5 Å². The Morgan fingerprint density at radius 3 is 2.50 bits per heavy atom. The number of hydrogen-bond acceptors (Lipinski definition) is 4. The van der Waals surface area contributed by atoms with Crippen LogP contribution in [0, 0.1) is 0 Å². The number of allylic oxidation sites excluding steroid dienone is 1. The number of benzene rings is 1. The van der Waals surface area contributed by atoms with Crippen LogP contribution in [0.4, 0.5) is 0 Å². The molecule has 0 spiro atoms. The number of aliphatic carboxylic acids is 1. The van der Waals surface area contributed by atoms with E-state index in [1.807, 2.05) is 0 Å². The smallest absolute Gasteiger partial charge is 0.305 e. The van der Waals surface area contributed by atoms with E-state index in [2.05, 4.69) is 6.58 Å². The molecular formula is C16H21NO5. The standard InChI is InChI=1S/C16H21NO5/c1-5-6-11-9-12(10-13(21-3)15(11)22-4)16(20)17(2)8-7-14(18)19/h5,9-10H,1,6-8H2,2-4H3,(H,18,19). The molecule has 0 aliphatic heterocycles. The van der Waals surface area contributed by atoms with E-state index in [0.29, 0.717) is 23.5 Å². The largest absolute Gasteiger partial charge is 0.493 e. The molecule has 0 aromatic heterocycles.